The summed E-state index contributed by atoms with van der Waals surface area (Å²) in [7, 11) is 0. The zero-order valence-corrected chi connectivity index (χ0v) is 14.7. The summed E-state index contributed by atoms with van der Waals surface area (Å²) in [6.07, 6.45) is 1.02. The van der Waals surface area contributed by atoms with Crippen molar-refractivity contribution < 1.29 is 17.7 Å². The number of aryl methyl sites for hydroxylation is 2. The molecule has 4 aromatic rings. The van der Waals surface area contributed by atoms with Crippen LogP contribution >= 0.6 is 0 Å². The molecule has 4 heterocycles. The van der Waals surface area contributed by atoms with E-state index >= 15 is 0 Å². The second kappa shape index (κ2) is 6.84. The van der Waals surface area contributed by atoms with Gasteiger partial charge in [0.15, 0.2) is 5.82 Å². The lowest BCUT2D eigenvalue weighted by Crippen LogP contribution is -1.99. The summed E-state index contributed by atoms with van der Waals surface area (Å²) in [5.74, 6) is -1.69. The average Bonchev–Trinajstić information content (AvgIpc) is 3.14. The molecular weight excluding hydrogens is 371 g/mol. The van der Waals surface area contributed by atoms with Crippen LogP contribution in [0.1, 0.15) is 11.3 Å². The molecule has 0 aromatic carbocycles. The van der Waals surface area contributed by atoms with Crippen LogP contribution in [-0.2, 0) is 0 Å². The molecule has 0 atom stereocenters. The second-order valence-electron chi connectivity index (χ2n) is 6.09. The van der Waals surface area contributed by atoms with Gasteiger partial charge in [-0.05, 0) is 49.7 Å². The number of halogens is 3. The molecule has 0 spiro atoms. The summed E-state index contributed by atoms with van der Waals surface area (Å²) in [4.78, 5) is 15.9. The van der Waals surface area contributed by atoms with Gasteiger partial charge in [0.1, 0.15) is 17.2 Å². The maximum absolute atomic E-state index is 14.6. The Hall–Kier alpha value is -3.62. The van der Waals surface area contributed by atoms with Crippen LogP contribution in [-0.4, -0.2) is 25.1 Å². The van der Waals surface area contributed by atoms with Crippen molar-refractivity contribution in [3.8, 4) is 34.4 Å². The van der Waals surface area contributed by atoms with Gasteiger partial charge in [0, 0.05) is 5.56 Å². The predicted molar refractivity (Wildman–Crippen MR) is 93.3 cm³/mol. The Bertz CT molecular complexity index is 1150. The van der Waals surface area contributed by atoms with Crippen LogP contribution in [0.2, 0.25) is 0 Å². The van der Waals surface area contributed by atoms with Crippen LogP contribution in [0.15, 0.2) is 41.1 Å². The van der Waals surface area contributed by atoms with Crippen molar-refractivity contribution in [2.45, 2.75) is 13.8 Å². The van der Waals surface area contributed by atoms with Crippen molar-refractivity contribution in [1.29, 1.82) is 0 Å². The number of aromatic nitrogens is 5. The molecule has 4 rings (SSSR count). The van der Waals surface area contributed by atoms with Gasteiger partial charge in [-0.2, -0.15) is 9.37 Å². The van der Waals surface area contributed by atoms with E-state index in [9.17, 15) is 13.2 Å². The normalized spacial score (nSPS) is 11.0. The largest absolute Gasteiger partial charge is 0.332 e. The van der Waals surface area contributed by atoms with Crippen LogP contribution in [0.3, 0.4) is 0 Å². The number of hydrogen-bond donors (Lipinski definition) is 0. The van der Waals surface area contributed by atoms with E-state index in [4.69, 9.17) is 4.52 Å². The highest BCUT2D eigenvalue weighted by atomic mass is 19.1. The fourth-order valence-electron chi connectivity index (χ4n) is 2.65. The molecule has 0 unspecified atom stereocenters. The molecule has 0 saturated carbocycles. The Morgan fingerprint density at radius 2 is 1.68 bits per heavy atom. The van der Waals surface area contributed by atoms with Crippen molar-refractivity contribution in [2.75, 3.05) is 0 Å². The van der Waals surface area contributed by atoms with Gasteiger partial charge in [0.05, 0.1) is 17.6 Å². The average molecular weight is 383 g/mol. The summed E-state index contributed by atoms with van der Waals surface area (Å²) in [6.45, 7) is 3.15. The van der Waals surface area contributed by atoms with Gasteiger partial charge in [-0.15, -0.1) is 0 Å². The van der Waals surface area contributed by atoms with Gasteiger partial charge in [-0.1, -0.05) is 5.16 Å². The SMILES string of the molecule is Cc1cc(F)nc(-c2cc(-c3noc(-c4ccc(F)cn4)n3)nc(C)c2F)c1. The highest BCUT2D eigenvalue weighted by Gasteiger charge is 2.18. The van der Waals surface area contributed by atoms with E-state index in [-0.39, 0.29) is 40.1 Å². The van der Waals surface area contributed by atoms with Crippen molar-refractivity contribution >= 4 is 0 Å². The topological polar surface area (TPSA) is 77.6 Å². The van der Waals surface area contributed by atoms with E-state index < -0.39 is 17.6 Å². The van der Waals surface area contributed by atoms with Crippen molar-refractivity contribution in [1.82, 2.24) is 25.1 Å². The van der Waals surface area contributed by atoms with Crippen LogP contribution in [0.5, 0.6) is 0 Å². The summed E-state index contributed by atoms with van der Waals surface area (Å²) < 4.78 is 46.4. The molecule has 0 aliphatic heterocycles. The molecule has 6 nitrogen and oxygen atoms in total. The lowest BCUT2D eigenvalue weighted by molar-refractivity contribution is 0.430. The third-order valence-corrected chi connectivity index (χ3v) is 3.94. The molecule has 0 bridgehead atoms. The first-order chi connectivity index (χ1) is 13.4. The fraction of sp³-hybridized carbons (Fsp3) is 0.105. The minimum Gasteiger partial charge on any atom is -0.332 e. The van der Waals surface area contributed by atoms with Crippen molar-refractivity contribution in [3.05, 3.63) is 65.4 Å². The Morgan fingerprint density at radius 3 is 2.39 bits per heavy atom. The van der Waals surface area contributed by atoms with Gasteiger partial charge < -0.3 is 4.52 Å². The van der Waals surface area contributed by atoms with E-state index in [0.717, 1.165) is 6.20 Å². The first-order valence-corrected chi connectivity index (χ1v) is 8.18. The van der Waals surface area contributed by atoms with Gasteiger partial charge in [-0.3, -0.25) is 0 Å². The highest BCUT2D eigenvalue weighted by Crippen LogP contribution is 2.28. The summed E-state index contributed by atoms with van der Waals surface area (Å²) >= 11 is 0. The molecule has 0 fully saturated rings. The first-order valence-electron chi connectivity index (χ1n) is 8.18. The quantitative estimate of drug-likeness (QED) is 0.491. The molecule has 0 N–H and O–H groups in total. The lowest BCUT2D eigenvalue weighted by atomic mass is 10.1. The molecule has 28 heavy (non-hydrogen) atoms. The Labute approximate surface area is 157 Å². The van der Waals surface area contributed by atoms with Gasteiger partial charge in [0.25, 0.3) is 5.89 Å². The second-order valence-corrected chi connectivity index (χ2v) is 6.09. The Morgan fingerprint density at radius 1 is 0.857 bits per heavy atom. The lowest BCUT2D eigenvalue weighted by Gasteiger charge is -2.08. The summed E-state index contributed by atoms with van der Waals surface area (Å²) in [5.41, 5.74) is 1.36. The van der Waals surface area contributed by atoms with E-state index in [1.165, 1.54) is 31.2 Å². The molecule has 140 valence electrons. The Balaban J connectivity index is 1.79. The van der Waals surface area contributed by atoms with Crippen LogP contribution < -0.4 is 0 Å². The third-order valence-electron chi connectivity index (χ3n) is 3.94. The fourth-order valence-corrected chi connectivity index (χ4v) is 2.65. The van der Waals surface area contributed by atoms with E-state index in [1.807, 2.05) is 0 Å². The van der Waals surface area contributed by atoms with Gasteiger partial charge in [-0.25, -0.2) is 23.7 Å². The van der Waals surface area contributed by atoms with E-state index in [1.54, 1.807) is 13.0 Å². The zero-order chi connectivity index (χ0) is 19.8. The molecule has 0 aliphatic carbocycles. The van der Waals surface area contributed by atoms with Crippen LogP contribution in [0.25, 0.3) is 34.4 Å². The van der Waals surface area contributed by atoms with E-state index in [2.05, 4.69) is 25.1 Å². The van der Waals surface area contributed by atoms with Crippen molar-refractivity contribution in [2.24, 2.45) is 0 Å². The maximum Gasteiger partial charge on any atom is 0.276 e. The molecule has 4 aromatic heterocycles. The molecular formula is C19H12F3N5O. The summed E-state index contributed by atoms with van der Waals surface area (Å²) in [5, 5.41) is 3.83. The molecule has 0 aliphatic rings. The van der Waals surface area contributed by atoms with Crippen LogP contribution in [0.4, 0.5) is 13.2 Å². The van der Waals surface area contributed by atoms with Crippen LogP contribution in [0, 0.1) is 31.4 Å². The molecule has 9 heteroatoms. The number of hydrogen-bond acceptors (Lipinski definition) is 6. The number of pyridine rings is 3. The molecule has 0 amide bonds. The minimum atomic E-state index is -0.713. The standard InChI is InChI=1S/C19H12F3N5O/c1-9-5-14(25-16(21)6-9)12-7-15(24-10(2)17(12)22)18-26-19(28-27-18)13-4-3-11(20)8-23-13/h3-8H,1-2H3. The monoisotopic (exact) mass is 383 g/mol. The number of nitrogens with zero attached hydrogens (tertiary/aromatic N) is 5. The predicted octanol–water partition coefficient (Wildman–Crippen LogP) is 4.29. The first kappa shape index (κ1) is 17.8. The number of rotatable bonds is 3. The van der Waals surface area contributed by atoms with Crippen molar-refractivity contribution in [3.63, 3.8) is 0 Å². The van der Waals surface area contributed by atoms with E-state index in [0.29, 0.717) is 5.56 Å². The minimum absolute atomic E-state index is 0.0556. The van der Waals surface area contributed by atoms with Gasteiger partial charge in [0.2, 0.25) is 11.8 Å². The summed E-state index contributed by atoms with van der Waals surface area (Å²) in [6, 6.07) is 6.78. The Kier molecular flexibility index (Phi) is 4.34. The zero-order valence-electron chi connectivity index (χ0n) is 14.7. The highest BCUT2D eigenvalue weighted by molar-refractivity contribution is 5.67. The molecule has 0 radical (unpaired) electrons. The third kappa shape index (κ3) is 3.34. The van der Waals surface area contributed by atoms with Gasteiger partial charge >= 0.3 is 0 Å². The maximum atomic E-state index is 14.6. The smallest absolute Gasteiger partial charge is 0.276 e. The molecule has 0 saturated heterocycles.